The second-order valence-corrected chi connectivity index (χ2v) is 3.59. The van der Waals surface area contributed by atoms with Crippen LogP contribution in [0.1, 0.15) is 12.8 Å². The molecule has 76 valence electrons. The van der Waals surface area contributed by atoms with Crippen molar-refractivity contribution in [1.29, 1.82) is 0 Å². The van der Waals surface area contributed by atoms with Crippen molar-refractivity contribution in [3.63, 3.8) is 0 Å². The van der Waals surface area contributed by atoms with Crippen molar-refractivity contribution in [1.82, 2.24) is 0 Å². The van der Waals surface area contributed by atoms with Crippen LogP contribution in [0.3, 0.4) is 0 Å². The minimum Gasteiger partial charge on any atom is -0.504 e. The largest absolute Gasteiger partial charge is 0.504 e. The summed E-state index contributed by atoms with van der Waals surface area (Å²) in [6.45, 7) is 0.695. The normalized spacial score (nSPS) is 15.2. The van der Waals surface area contributed by atoms with Gasteiger partial charge in [-0.2, -0.15) is 0 Å². The molecule has 0 spiro atoms. The fraction of sp³-hybridized carbons (Fsp3) is 0.455. The molecule has 1 saturated carbocycles. The highest BCUT2D eigenvalue weighted by Gasteiger charge is 2.22. The van der Waals surface area contributed by atoms with Gasteiger partial charge >= 0.3 is 0 Å². The van der Waals surface area contributed by atoms with Crippen LogP contribution in [0.4, 0.5) is 0 Å². The summed E-state index contributed by atoms with van der Waals surface area (Å²) in [5.41, 5.74) is 0. The first-order chi connectivity index (χ1) is 6.79. The van der Waals surface area contributed by atoms with Crippen molar-refractivity contribution >= 4 is 0 Å². The average Bonchev–Trinajstić information content (AvgIpc) is 3.00. The zero-order chi connectivity index (χ0) is 9.97. The lowest BCUT2D eigenvalue weighted by atomic mass is 10.3. The van der Waals surface area contributed by atoms with Gasteiger partial charge in [-0.05, 0) is 30.9 Å². The quantitative estimate of drug-likeness (QED) is 0.798. The smallest absolute Gasteiger partial charge is 0.164 e. The zero-order valence-electron chi connectivity index (χ0n) is 8.19. The maximum absolute atomic E-state index is 9.48. The number of hydrogen-bond donors (Lipinski definition) is 1. The van der Waals surface area contributed by atoms with Gasteiger partial charge in [0.2, 0.25) is 0 Å². The van der Waals surface area contributed by atoms with E-state index in [1.807, 2.05) is 0 Å². The number of benzene rings is 1. The third-order valence-electron chi connectivity index (χ3n) is 2.34. The van der Waals surface area contributed by atoms with Gasteiger partial charge in [-0.15, -0.1) is 0 Å². The van der Waals surface area contributed by atoms with Crippen molar-refractivity contribution in [2.24, 2.45) is 5.92 Å². The van der Waals surface area contributed by atoms with Crippen LogP contribution in [0.15, 0.2) is 18.2 Å². The Hall–Kier alpha value is -1.38. The third kappa shape index (κ3) is 2.10. The molecule has 0 unspecified atom stereocenters. The van der Waals surface area contributed by atoms with Crippen molar-refractivity contribution in [2.75, 3.05) is 13.7 Å². The number of phenolic OH excluding ortho intramolecular Hbond substituents is 1. The molecule has 2 rings (SSSR count). The molecule has 3 nitrogen and oxygen atoms in total. The van der Waals surface area contributed by atoms with Crippen molar-refractivity contribution < 1.29 is 14.6 Å². The van der Waals surface area contributed by atoms with E-state index in [-0.39, 0.29) is 5.75 Å². The van der Waals surface area contributed by atoms with Crippen molar-refractivity contribution in [3.8, 4) is 17.2 Å². The van der Waals surface area contributed by atoms with E-state index in [1.165, 1.54) is 12.8 Å². The lowest BCUT2D eigenvalue weighted by Crippen LogP contribution is -1.99. The molecule has 0 heterocycles. The number of aromatic hydroxyl groups is 1. The summed E-state index contributed by atoms with van der Waals surface area (Å²) in [5, 5.41) is 9.48. The number of ether oxygens (including phenoxy) is 2. The first kappa shape index (κ1) is 9.19. The molecule has 3 heteroatoms. The second-order valence-electron chi connectivity index (χ2n) is 3.59. The summed E-state index contributed by atoms with van der Waals surface area (Å²) >= 11 is 0. The van der Waals surface area contributed by atoms with Gasteiger partial charge in [0.05, 0.1) is 13.7 Å². The van der Waals surface area contributed by atoms with Crippen LogP contribution in [0.2, 0.25) is 0 Å². The highest BCUT2D eigenvalue weighted by molar-refractivity contribution is 5.44. The van der Waals surface area contributed by atoms with Gasteiger partial charge in [-0.3, -0.25) is 0 Å². The van der Waals surface area contributed by atoms with Crippen LogP contribution in [0.5, 0.6) is 17.2 Å². The van der Waals surface area contributed by atoms with Crippen LogP contribution >= 0.6 is 0 Å². The van der Waals surface area contributed by atoms with Gasteiger partial charge in [-0.1, -0.05) is 0 Å². The van der Waals surface area contributed by atoms with Gasteiger partial charge in [0.15, 0.2) is 11.5 Å². The minimum atomic E-state index is 0.173. The Labute approximate surface area is 83.3 Å². The zero-order valence-corrected chi connectivity index (χ0v) is 8.19. The van der Waals surface area contributed by atoms with Crippen LogP contribution in [-0.4, -0.2) is 18.8 Å². The number of rotatable bonds is 4. The fourth-order valence-electron chi connectivity index (χ4n) is 1.23. The number of hydrogen-bond acceptors (Lipinski definition) is 3. The Morgan fingerprint density at radius 1 is 1.43 bits per heavy atom. The molecule has 1 aliphatic rings. The van der Waals surface area contributed by atoms with Crippen molar-refractivity contribution in [2.45, 2.75) is 12.8 Å². The van der Waals surface area contributed by atoms with E-state index in [0.29, 0.717) is 24.0 Å². The summed E-state index contributed by atoms with van der Waals surface area (Å²) in [5.74, 6) is 2.07. The third-order valence-corrected chi connectivity index (χ3v) is 2.34. The monoisotopic (exact) mass is 194 g/mol. The Bertz CT molecular complexity index is 318. The summed E-state index contributed by atoms with van der Waals surface area (Å²) in [7, 11) is 1.59. The number of phenols is 1. The van der Waals surface area contributed by atoms with Crippen LogP contribution < -0.4 is 9.47 Å². The lowest BCUT2D eigenvalue weighted by molar-refractivity contribution is 0.282. The summed E-state index contributed by atoms with van der Waals surface area (Å²) in [6.07, 6.45) is 2.48. The maximum Gasteiger partial charge on any atom is 0.164 e. The lowest BCUT2D eigenvalue weighted by Gasteiger charge is -2.08. The van der Waals surface area contributed by atoms with E-state index < -0.39 is 0 Å². The average molecular weight is 194 g/mol. The second kappa shape index (κ2) is 3.78. The molecule has 1 aliphatic carbocycles. The van der Waals surface area contributed by atoms with Crippen LogP contribution in [0, 0.1) is 5.92 Å². The van der Waals surface area contributed by atoms with Gasteiger partial charge < -0.3 is 14.6 Å². The molecule has 1 aromatic rings. The molecule has 0 aromatic heterocycles. The summed E-state index contributed by atoms with van der Waals surface area (Å²) in [6, 6.07) is 5.00. The van der Waals surface area contributed by atoms with Gasteiger partial charge in [0.1, 0.15) is 5.75 Å². The predicted octanol–water partition coefficient (Wildman–Crippen LogP) is 2.19. The Morgan fingerprint density at radius 2 is 2.21 bits per heavy atom. The van der Waals surface area contributed by atoms with E-state index in [0.717, 1.165) is 0 Å². The maximum atomic E-state index is 9.48. The van der Waals surface area contributed by atoms with Gasteiger partial charge in [0, 0.05) is 6.07 Å². The Morgan fingerprint density at radius 3 is 2.86 bits per heavy atom. The minimum absolute atomic E-state index is 0.173. The van der Waals surface area contributed by atoms with E-state index >= 15 is 0 Å². The molecule has 0 atom stereocenters. The van der Waals surface area contributed by atoms with E-state index in [4.69, 9.17) is 9.47 Å². The first-order valence-electron chi connectivity index (χ1n) is 4.79. The van der Waals surface area contributed by atoms with E-state index in [2.05, 4.69) is 0 Å². The standard InChI is InChI=1S/C11H14O3/c1-13-9-4-5-10(12)11(6-9)14-7-8-2-3-8/h4-6,8,12H,2-3,7H2,1H3. The number of methoxy groups -OCH3 is 1. The summed E-state index contributed by atoms with van der Waals surface area (Å²) < 4.78 is 10.5. The molecule has 0 radical (unpaired) electrons. The molecule has 1 N–H and O–H groups in total. The highest BCUT2D eigenvalue weighted by Crippen LogP contribution is 2.34. The van der Waals surface area contributed by atoms with E-state index in [9.17, 15) is 5.11 Å². The van der Waals surface area contributed by atoms with Gasteiger partial charge in [-0.25, -0.2) is 0 Å². The van der Waals surface area contributed by atoms with E-state index in [1.54, 1.807) is 25.3 Å². The molecular weight excluding hydrogens is 180 g/mol. The summed E-state index contributed by atoms with van der Waals surface area (Å²) in [4.78, 5) is 0. The first-order valence-corrected chi connectivity index (χ1v) is 4.79. The highest BCUT2D eigenvalue weighted by atomic mass is 16.5. The molecular formula is C11H14O3. The molecule has 0 aliphatic heterocycles. The van der Waals surface area contributed by atoms with Crippen LogP contribution in [0.25, 0.3) is 0 Å². The fourth-order valence-corrected chi connectivity index (χ4v) is 1.23. The Kier molecular flexibility index (Phi) is 2.48. The molecule has 0 bridgehead atoms. The van der Waals surface area contributed by atoms with Crippen molar-refractivity contribution in [3.05, 3.63) is 18.2 Å². The molecule has 1 aromatic carbocycles. The van der Waals surface area contributed by atoms with Gasteiger partial charge in [0.25, 0.3) is 0 Å². The molecule has 14 heavy (non-hydrogen) atoms. The molecule has 0 amide bonds. The SMILES string of the molecule is COc1ccc(O)c(OCC2CC2)c1. The molecule has 0 saturated heterocycles. The predicted molar refractivity (Wildman–Crippen MR) is 52.9 cm³/mol. The Balaban J connectivity index is 2.04. The topological polar surface area (TPSA) is 38.7 Å². The van der Waals surface area contributed by atoms with Crippen LogP contribution in [-0.2, 0) is 0 Å². The molecule has 1 fully saturated rings.